The van der Waals surface area contributed by atoms with Gasteiger partial charge in [0.05, 0.1) is 11.0 Å². The number of hydrogen-bond acceptors (Lipinski definition) is 2. The van der Waals surface area contributed by atoms with Crippen molar-refractivity contribution in [2.75, 3.05) is 10.6 Å². The Labute approximate surface area is 135 Å². The molecule has 2 N–H and O–H groups in total. The van der Waals surface area contributed by atoms with Crippen molar-refractivity contribution in [3.05, 3.63) is 54.6 Å². The number of hydrogen-bond donors (Lipinski definition) is 2. The summed E-state index contributed by atoms with van der Waals surface area (Å²) in [5.74, 6) is 0.775. The Morgan fingerprint density at radius 3 is 2.55 bits per heavy atom. The van der Waals surface area contributed by atoms with Crippen LogP contribution in [0, 0.1) is 0 Å². The fourth-order valence-electron chi connectivity index (χ4n) is 2.41. The standard InChI is InChI=1S/C17H18N4S/c1-2-12-21-15-11-7-6-10-14(15)19-16(21)20-17(22)18-13-8-4-3-5-9-13/h3-11H,2,12H2,1H3,(H2,18,19,20,22). The lowest BCUT2D eigenvalue weighted by Crippen LogP contribution is -2.21. The van der Waals surface area contributed by atoms with E-state index in [-0.39, 0.29) is 0 Å². The van der Waals surface area contributed by atoms with Crippen LogP contribution in [0.5, 0.6) is 0 Å². The number of nitrogens with zero attached hydrogens (tertiary/aromatic N) is 2. The van der Waals surface area contributed by atoms with Gasteiger partial charge in [-0.15, -0.1) is 0 Å². The Kier molecular flexibility index (Phi) is 4.34. The molecule has 1 aromatic heterocycles. The highest BCUT2D eigenvalue weighted by Crippen LogP contribution is 2.20. The zero-order chi connectivity index (χ0) is 15.4. The molecule has 0 bridgehead atoms. The molecule has 0 aliphatic rings. The molecule has 0 spiro atoms. The van der Waals surface area contributed by atoms with E-state index in [0.717, 1.165) is 35.6 Å². The van der Waals surface area contributed by atoms with Crippen molar-refractivity contribution in [3.8, 4) is 0 Å². The van der Waals surface area contributed by atoms with Crippen LogP contribution in [0.25, 0.3) is 11.0 Å². The van der Waals surface area contributed by atoms with E-state index in [1.54, 1.807) is 0 Å². The van der Waals surface area contributed by atoms with Crippen molar-refractivity contribution >= 4 is 40.0 Å². The number of aromatic nitrogens is 2. The van der Waals surface area contributed by atoms with Gasteiger partial charge in [0.1, 0.15) is 0 Å². The highest BCUT2D eigenvalue weighted by molar-refractivity contribution is 7.80. The van der Waals surface area contributed by atoms with E-state index in [1.807, 2.05) is 48.5 Å². The van der Waals surface area contributed by atoms with Crippen molar-refractivity contribution in [1.82, 2.24) is 9.55 Å². The van der Waals surface area contributed by atoms with Crippen molar-refractivity contribution < 1.29 is 0 Å². The average Bonchev–Trinajstić information content (AvgIpc) is 2.86. The van der Waals surface area contributed by atoms with Gasteiger partial charge in [0, 0.05) is 12.2 Å². The molecule has 0 fully saturated rings. The van der Waals surface area contributed by atoms with Gasteiger partial charge < -0.3 is 15.2 Å². The van der Waals surface area contributed by atoms with Gasteiger partial charge in [0.2, 0.25) is 5.95 Å². The van der Waals surface area contributed by atoms with Crippen LogP contribution in [0.4, 0.5) is 11.6 Å². The minimum absolute atomic E-state index is 0.541. The first-order chi connectivity index (χ1) is 10.8. The summed E-state index contributed by atoms with van der Waals surface area (Å²) in [7, 11) is 0. The Balaban J connectivity index is 1.83. The molecule has 0 aliphatic carbocycles. The SMILES string of the molecule is CCCn1c(NC(=S)Nc2ccccc2)nc2ccccc21. The van der Waals surface area contributed by atoms with E-state index in [0.29, 0.717) is 5.11 Å². The highest BCUT2D eigenvalue weighted by atomic mass is 32.1. The van der Waals surface area contributed by atoms with Crippen molar-refractivity contribution in [2.45, 2.75) is 19.9 Å². The third-order valence-electron chi connectivity index (χ3n) is 3.36. The van der Waals surface area contributed by atoms with Gasteiger partial charge in [0.25, 0.3) is 0 Å². The molecule has 4 nitrogen and oxygen atoms in total. The summed E-state index contributed by atoms with van der Waals surface area (Å²) in [6, 6.07) is 18.0. The predicted octanol–water partition coefficient (Wildman–Crippen LogP) is 4.26. The average molecular weight is 310 g/mol. The van der Waals surface area contributed by atoms with Crippen LogP contribution in [0.1, 0.15) is 13.3 Å². The van der Waals surface area contributed by atoms with Crippen LogP contribution in [0.2, 0.25) is 0 Å². The maximum Gasteiger partial charge on any atom is 0.210 e. The Morgan fingerprint density at radius 1 is 1.05 bits per heavy atom. The zero-order valence-electron chi connectivity index (χ0n) is 12.4. The first-order valence-electron chi connectivity index (χ1n) is 7.36. The van der Waals surface area contributed by atoms with Crippen LogP contribution in [0.3, 0.4) is 0 Å². The number of nitrogens with one attached hydrogen (secondary N) is 2. The van der Waals surface area contributed by atoms with Crippen LogP contribution in [0.15, 0.2) is 54.6 Å². The van der Waals surface area contributed by atoms with Gasteiger partial charge in [-0.2, -0.15) is 0 Å². The molecule has 0 atom stereocenters. The topological polar surface area (TPSA) is 41.9 Å². The molecule has 112 valence electrons. The number of imidazole rings is 1. The van der Waals surface area contributed by atoms with Crippen LogP contribution in [-0.4, -0.2) is 14.7 Å². The second kappa shape index (κ2) is 6.58. The largest absolute Gasteiger partial charge is 0.332 e. The third kappa shape index (κ3) is 3.09. The number of benzene rings is 2. The number of para-hydroxylation sites is 3. The maximum absolute atomic E-state index is 5.39. The van der Waals surface area contributed by atoms with Crippen molar-refractivity contribution in [1.29, 1.82) is 0 Å². The molecule has 3 aromatic rings. The molecule has 0 saturated carbocycles. The molecular formula is C17H18N4S. The first kappa shape index (κ1) is 14.5. The molecular weight excluding hydrogens is 292 g/mol. The highest BCUT2D eigenvalue weighted by Gasteiger charge is 2.10. The molecule has 5 heteroatoms. The summed E-state index contributed by atoms with van der Waals surface area (Å²) >= 11 is 5.39. The molecule has 0 radical (unpaired) electrons. The molecule has 0 amide bonds. The minimum Gasteiger partial charge on any atom is -0.332 e. The summed E-state index contributed by atoms with van der Waals surface area (Å²) in [6.07, 6.45) is 1.04. The number of aryl methyl sites for hydroxylation is 1. The van der Waals surface area contributed by atoms with E-state index in [4.69, 9.17) is 12.2 Å². The molecule has 1 heterocycles. The number of thiocarbonyl (C=S) groups is 1. The monoisotopic (exact) mass is 310 g/mol. The normalized spacial score (nSPS) is 10.6. The minimum atomic E-state index is 0.541. The lowest BCUT2D eigenvalue weighted by atomic mass is 10.3. The Bertz CT molecular complexity index is 780. The van der Waals surface area contributed by atoms with Gasteiger partial charge in [-0.3, -0.25) is 0 Å². The van der Waals surface area contributed by atoms with Crippen LogP contribution < -0.4 is 10.6 Å². The van der Waals surface area contributed by atoms with Gasteiger partial charge in [-0.05, 0) is 42.9 Å². The fraction of sp³-hybridized carbons (Fsp3) is 0.176. The fourth-order valence-corrected chi connectivity index (χ4v) is 2.62. The Morgan fingerprint density at radius 2 is 1.77 bits per heavy atom. The second-order valence-corrected chi connectivity index (χ2v) is 5.43. The van der Waals surface area contributed by atoms with E-state index in [2.05, 4.69) is 33.2 Å². The predicted molar refractivity (Wildman–Crippen MR) is 96.3 cm³/mol. The lowest BCUT2D eigenvalue weighted by molar-refractivity contribution is 0.706. The summed E-state index contributed by atoms with van der Waals surface area (Å²) in [4.78, 5) is 4.64. The number of fused-ring (bicyclic) bond motifs is 1. The smallest absolute Gasteiger partial charge is 0.210 e. The van der Waals surface area contributed by atoms with Crippen molar-refractivity contribution in [3.63, 3.8) is 0 Å². The van der Waals surface area contributed by atoms with E-state index < -0.39 is 0 Å². The molecule has 0 aliphatic heterocycles. The zero-order valence-corrected chi connectivity index (χ0v) is 13.2. The van der Waals surface area contributed by atoms with E-state index in [9.17, 15) is 0 Å². The van der Waals surface area contributed by atoms with Crippen molar-refractivity contribution in [2.24, 2.45) is 0 Å². The summed E-state index contributed by atoms with van der Waals surface area (Å²) in [5, 5.41) is 6.92. The third-order valence-corrected chi connectivity index (χ3v) is 3.56. The summed E-state index contributed by atoms with van der Waals surface area (Å²) in [5.41, 5.74) is 3.05. The number of anilines is 2. The lowest BCUT2D eigenvalue weighted by Gasteiger charge is -2.12. The summed E-state index contributed by atoms with van der Waals surface area (Å²) < 4.78 is 2.16. The maximum atomic E-state index is 5.39. The summed E-state index contributed by atoms with van der Waals surface area (Å²) in [6.45, 7) is 3.05. The van der Waals surface area contributed by atoms with Gasteiger partial charge in [-0.25, -0.2) is 4.98 Å². The molecule has 22 heavy (non-hydrogen) atoms. The first-order valence-corrected chi connectivity index (χ1v) is 7.77. The quantitative estimate of drug-likeness (QED) is 0.707. The van der Waals surface area contributed by atoms with Gasteiger partial charge in [0.15, 0.2) is 5.11 Å². The van der Waals surface area contributed by atoms with Gasteiger partial charge in [-0.1, -0.05) is 37.3 Å². The van der Waals surface area contributed by atoms with Gasteiger partial charge >= 0.3 is 0 Å². The molecule has 0 unspecified atom stereocenters. The van der Waals surface area contributed by atoms with E-state index >= 15 is 0 Å². The second-order valence-electron chi connectivity index (χ2n) is 5.02. The molecule has 3 rings (SSSR count). The van der Waals surface area contributed by atoms with E-state index in [1.165, 1.54) is 0 Å². The Hall–Kier alpha value is -2.40. The van der Waals surface area contributed by atoms with Crippen LogP contribution in [-0.2, 0) is 6.54 Å². The number of rotatable bonds is 4. The van der Waals surface area contributed by atoms with Crippen LogP contribution >= 0.6 is 12.2 Å². The molecule has 2 aromatic carbocycles. The molecule has 0 saturated heterocycles.